The molecule has 132 valence electrons. The van der Waals surface area contributed by atoms with Crippen LogP contribution in [0.1, 0.15) is 50.1 Å². The molecule has 1 amide bonds. The molecule has 0 saturated heterocycles. The van der Waals surface area contributed by atoms with Crippen LogP contribution in [0.2, 0.25) is 0 Å². The lowest BCUT2D eigenvalue weighted by molar-refractivity contribution is -0.137. The Morgan fingerprint density at radius 2 is 1.92 bits per heavy atom. The summed E-state index contributed by atoms with van der Waals surface area (Å²) in [5.41, 5.74) is 1.34. The van der Waals surface area contributed by atoms with Gasteiger partial charge in [0.25, 0.3) is 0 Å². The molecule has 1 unspecified atom stereocenters. The molecule has 1 aromatic heterocycles. The summed E-state index contributed by atoms with van der Waals surface area (Å²) in [6.45, 7) is 0.924. The minimum Gasteiger partial charge on any atom is -0.344 e. The number of hydrogen-bond donors (Lipinski definition) is 1. The van der Waals surface area contributed by atoms with Gasteiger partial charge in [0.2, 0.25) is 5.91 Å². The minimum atomic E-state index is -0.294. The Labute approximate surface area is 144 Å². The van der Waals surface area contributed by atoms with Gasteiger partial charge in [0.15, 0.2) is 0 Å². The van der Waals surface area contributed by atoms with Crippen molar-refractivity contribution in [2.24, 2.45) is 30.2 Å². The quantitative estimate of drug-likeness (QED) is 0.902. The van der Waals surface area contributed by atoms with Crippen LogP contribution in [0.15, 0.2) is 12.4 Å². The first-order chi connectivity index (χ1) is 11.5. The smallest absolute Gasteiger partial charge is 0.244 e. The Morgan fingerprint density at radius 3 is 2.38 bits per heavy atom. The summed E-state index contributed by atoms with van der Waals surface area (Å²) < 4.78 is 1.76. The maximum atomic E-state index is 13.0. The van der Waals surface area contributed by atoms with Crippen molar-refractivity contribution in [3.63, 3.8) is 0 Å². The molecule has 1 atom stereocenters. The van der Waals surface area contributed by atoms with Crippen LogP contribution in [-0.4, -0.2) is 41.2 Å². The number of aryl methyl sites for hydroxylation is 1. The molecule has 24 heavy (non-hydrogen) atoms. The van der Waals surface area contributed by atoms with E-state index in [1.165, 1.54) is 38.5 Å². The normalized spacial score (nSPS) is 35.2. The number of likely N-dealkylation sites (N-methyl/N-ethyl adjacent to an activating group) is 2. The largest absolute Gasteiger partial charge is 0.344 e. The summed E-state index contributed by atoms with van der Waals surface area (Å²) in [5, 5.41) is 7.39. The van der Waals surface area contributed by atoms with Crippen molar-refractivity contribution in [2.45, 2.75) is 44.6 Å². The Balaban J connectivity index is 1.47. The van der Waals surface area contributed by atoms with E-state index >= 15 is 0 Å². The molecular weight excluding hydrogens is 300 g/mol. The molecule has 1 N–H and O–H groups in total. The van der Waals surface area contributed by atoms with E-state index in [0.29, 0.717) is 5.41 Å². The SMILES string of the molecule is CNC(C(=O)N(C)CC12CC3CC(CC(C3)C1)C2)c1cnn(C)c1. The minimum absolute atomic E-state index is 0.168. The highest BCUT2D eigenvalue weighted by Gasteiger charge is 2.51. The number of carbonyl (C=O) groups excluding carboxylic acids is 1. The number of carbonyl (C=O) groups is 1. The lowest BCUT2D eigenvalue weighted by Gasteiger charge is -2.57. The second-order valence-electron chi connectivity index (χ2n) is 8.78. The summed E-state index contributed by atoms with van der Waals surface area (Å²) in [7, 11) is 5.73. The molecule has 5 nitrogen and oxygen atoms in total. The molecule has 4 aliphatic carbocycles. The molecular formula is C19H30N4O. The molecule has 1 aromatic rings. The first kappa shape index (κ1) is 16.1. The van der Waals surface area contributed by atoms with E-state index in [1.807, 2.05) is 32.2 Å². The third-order valence-electron chi connectivity index (χ3n) is 6.71. The van der Waals surface area contributed by atoms with Gasteiger partial charge in [0, 0.05) is 32.4 Å². The fourth-order valence-electron chi connectivity index (χ4n) is 6.31. The van der Waals surface area contributed by atoms with Gasteiger partial charge in [-0.15, -0.1) is 0 Å². The summed E-state index contributed by atoms with van der Waals surface area (Å²) in [6, 6.07) is -0.294. The molecule has 5 heteroatoms. The van der Waals surface area contributed by atoms with Gasteiger partial charge in [-0.05, 0) is 68.7 Å². The van der Waals surface area contributed by atoms with Crippen molar-refractivity contribution in [2.75, 3.05) is 20.6 Å². The third-order valence-corrected chi connectivity index (χ3v) is 6.71. The van der Waals surface area contributed by atoms with Gasteiger partial charge in [0.1, 0.15) is 6.04 Å². The second-order valence-corrected chi connectivity index (χ2v) is 8.78. The zero-order chi connectivity index (χ0) is 16.9. The number of nitrogens with one attached hydrogen (secondary N) is 1. The van der Waals surface area contributed by atoms with Crippen molar-refractivity contribution in [1.82, 2.24) is 20.0 Å². The van der Waals surface area contributed by atoms with Crippen LogP contribution < -0.4 is 5.32 Å². The molecule has 1 heterocycles. The highest BCUT2D eigenvalue weighted by atomic mass is 16.2. The average molecular weight is 330 g/mol. The zero-order valence-electron chi connectivity index (χ0n) is 15.2. The van der Waals surface area contributed by atoms with Crippen LogP contribution >= 0.6 is 0 Å². The van der Waals surface area contributed by atoms with Crippen molar-refractivity contribution in [3.05, 3.63) is 18.0 Å². The third kappa shape index (κ3) is 2.77. The first-order valence-electron chi connectivity index (χ1n) is 9.39. The van der Waals surface area contributed by atoms with Crippen LogP contribution in [0.25, 0.3) is 0 Å². The van der Waals surface area contributed by atoms with Gasteiger partial charge in [0.05, 0.1) is 6.20 Å². The van der Waals surface area contributed by atoms with E-state index in [1.54, 1.807) is 10.9 Å². The van der Waals surface area contributed by atoms with Gasteiger partial charge in [-0.25, -0.2) is 0 Å². The summed E-state index contributed by atoms with van der Waals surface area (Å²) >= 11 is 0. The highest BCUT2D eigenvalue weighted by Crippen LogP contribution is 2.60. The molecule has 4 saturated carbocycles. The Morgan fingerprint density at radius 1 is 1.33 bits per heavy atom. The summed E-state index contributed by atoms with van der Waals surface area (Å²) in [6.07, 6.45) is 12.1. The van der Waals surface area contributed by atoms with Crippen LogP contribution in [0.4, 0.5) is 0 Å². The molecule has 0 aliphatic heterocycles. The molecule has 4 aliphatic rings. The van der Waals surface area contributed by atoms with Gasteiger partial charge >= 0.3 is 0 Å². The van der Waals surface area contributed by atoms with Gasteiger partial charge in [-0.3, -0.25) is 9.48 Å². The predicted molar refractivity (Wildman–Crippen MR) is 93.3 cm³/mol. The fourth-order valence-corrected chi connectivity index (χ4v) is 6.31. The molecule has 0 spiro atoms. The fraction of sp³-hybridized carbons (Fsp3) is 0.789. The number of aromatic nitrogens is 2. The van der Waals surface area contributed by atoms with E-state index in [2.05, 4.69) is 10.4 Å². The zero-order valence-corrected chi connectivity index (χ0v) is 15.2. The van der Waals surface area contributed by atoms with Crippen LogP contribution in [0, 0.1) is 23.2 Å². The Kier molecular flexibility index (Phi) is 3.94. The van der Waals surface area contributed by atoms with Gasteiger partial charge in [-0.1, -0.05) is 0 Å². The monoisotopic (exact) mass is 330 g/mol. The molecule has 4 bridgehead atoms. The van der Waals surface area contributed by atoms with Crippen LogP contribution in [0.3, 0.4) is 0 Å². The maximum absolute atomic E-state index is 13.0. The number of nitrogens with zero attached hydrogens (tertiary/aromatic N) is 3. The van der Waals surface area contributed by atoms with Gasteiger partial charge < -0.3 is 10.2 Å². The van der Waals surface area contributed by atoms with E-state index in [9.17, 15) is 4.79 Å². The number of rotatable bonds is 5. The van der Waals surface area contributed by atoms with Crippen molar-refractivity contribution < 1.29 is 4.79 Å². The van der Waals surface area contributed by atoms with Crippen LogP contribution in [0.5, 0.6) is 0 Å². The topological polar surface area (TPSA) is 50.2 Å². The molecule has 0 aromatic carbocycles. The Hall–Kier alpha value is -1.36. The second kappa shape index (κ2) is 5.87. The van der Waals surface area contributed by atoms with E-state index in [0.717, 1.165) is 29.9 Å². The average Bonchev–Trinajstić information content (AvgIpc) is 2.92. The van der Waals surface area contributed by atoms with Crippen molar-refractivity contribution in [1.29, 1.82) is 0 Å². The van der Waals surface area contributed by atoms with Crippen molar-refractivity contribution in [3.8, 4) is 0 Å². The number of hydrogen-bond acceptors (Lipinski definition) is 3. The van der Waals surface area contributed by atoms with Crippen LogP contribution in [-0.2, 0) is 11.8 Å². The number of amides is 1. The Bertz CT molecular complexity index is 587. The van der Waals surface area contributed by atoms with Gasteiger partial charge in [-0.2, -0.15) is 5.10 Å². The van der Waals surface area contributed by atoms with E-state index < -0.39 is 0 Å². The lowest BCUT2D eigenvalue weighted by atomic mass is 9.49. The standard InChI is InChI=1S/C19H30N4O/c1-20-17(16-10-21-23(3)11-16)18(24)22(2)12-19-7-13-4-14(8-19)6-15(5-13)9-19/h10-11,13-15,17,20H,4-9,12H2,1-3H3. The molecule has 4 fully saturated rings. The maximum Gasteiger partial charge on any atom is 0.244 e. The highest BCUT2D eigenvalue weighted by molar-refractivity contribution is 5.83. The van der Waals surface area contributed by atoms with Crippen molar-refractivity contribution >= 4 is 5.91 Å². The summed E-state index contributed by atoms with van der Waals surface area (Å²) in [4.78, 5) is 15.0. The van der Waals surface area contributed by atoms with E-state index in [4.69, 9.17) is 0 Å². The van der Waals surface area contributed by atoms with E-state index in [-0.39, 0.29) is 11.9 Å². The molecule has 5 rings (SSSR count). The first-order valence-corrected chi connectivity index (χ1v) is 9.39. The summed E-state index contributed by atoms with van der Waals surface area (Å²) in [5.74, 6) is 2.95. The molecule has 0 radical (unpaired) electrons. The lowest BCUT2D eigenvalue weighted by Crippen LogP contribution is -2.52. The predicted octanol–water partition coefficient (Wildman–Crippen LogP) is 2.36.